The first-order valence-corrected chi connectivity index (χ1v) is 13.8. The summed E-state index contributed by atoms with van der Waals surface area (Å²) < 4.78 is 11.2. The van der Waals surface area contributed by atoms with E-state index in [4.69, 9.17) is 9.47 Å². The van der Waals surface area contributed by atoms with Crippen molar-refractivity contribution < 1.29 is 19.1 Å². The van der Waals surface area contributed by atoms with Gasteiger partial charge in [-0.05, 0) is 80.1 Å². The fourth-order valence-corrected chi connectivity index (χ4v) is 7.05. The number of piperidine rings is 2. The van der Waals surface area contributed by atoms with E-state index in [1.54, 1.807) is 14.2 Å². The summed E-state index contributed by atoms with van der Waals surface area (Å²) in [5.41, 5.74) is 3.62. The van der Waals surface area contributed by atoms with E-state index in [0.717, 1.165) is 49.0 Å². The van der Waals surface area contributed by atoms with Crippen LogP contribution in [0.5, 0.6) is 11.5 Å². The average molecular weight is 504 g/mol. The van der Waals surface area contributed by atoms with E-state index < -0.39 is 5.92 Å². The highest BCUT2D eigenvalue weighted by atomic mass is 16.5. The SMILES string of the molecule is COc1cc2c(cc1OC)C1C(C(=O)N3CCC(N4CCCCC4)CC3)c3ccccc3C(=O)N1CC2. The minimum Gasteiger partial charge on any atom is -0.493 e. The molecule has 2 amide bonds. The maximum atomic E-state index is 14.4. The third kappa shape index (κ3) is 4.17. The zero-order chi connectivity index (χ0) is 25.5. The van der Waals surface area contributed by atoms with Gasteiger partial charge < -0.3 is 24.2 Å². The number of carbonyl (C=O) groups is 2. The van der Waals surface area contributed by atoms with Crippen molar-refractivity contribution in [1.82, 2.24) is 14.7 Å². The average Bonchev–Trinajstić information content (AvgIpc) is 2.96. The number of benzene rings is 2. The van der Waals surface area contributed by atoms with Crippen molar-refractivity contribution in [2.75, 3.05) is 46.9 Å². The maximum absolute atomic E-state index is 14.4. The Morgan fingerprint density at radius 3 is 2.30 bits per heavy atom. The van der Waals surface area contributed by atoms with Crippen LogP contribution in [0.3, 0.4) is 0 Å². The van der Waals surface area contributed by atoms with Crippen LogP contribution in [0.25, 0.3) is 0 Å². The molecule has 7 nitrogen and oxygen atoms in total. The molecule has 2 aromatic carbocycles. The third-order valence-electron chi connectivity index (χ3n) is 8.97. The predicted molar refractivity (Wildman–Crippen MR) is 141 cm³/mol. The van der Waals surface area contributed by atoms with E-state index in [9.17, 15) is 9.59 Å². The van der Waals surface area contributed by atoms with Crippen molar-refractivity contribution in [3.63, 3.8) is 0 Å². The van der Waals surface area contributed by atoms with Crippen LogP contribution in [0.15, 0.2) is 36.4 Å². The van der Waals surface area contributed by atoms with Gasteiger partial charge in [-0.3, -0.25) is 9.59 Å². The monoisotopic (exact) mass is 503 g/mol. The van der Waals surface area contributed by atoms with Crippen molar-refractivity contribution in [2.24, 2.45) is 0 Å². The highest BCUT2D eigenvalue weighted by Crippen LogP contribution is 2.49. The molecule has 2 unspecified atom stereocenters. The molecule has 0 spiro atoms. The minimum absolute atomic E-state index is 0.00823. The molecule has 2 fully saturated rings. The van der Waals surface area contributed by atoms with Crippen LogP contribution in [0, 0.1) is 0 Å². The lowest BCUT2D eigenvalue weighted by molar-refractivity contribution is -0.136. The molecular formula is C30H37N3O4. The Morgan fingerprint density at radius 1 is 0.865 bits per heavy atom. The van der Waals surface area contributed by atoms with E-state index in [-0.39, 0.29) is 17.9 Å². The summed E-state index contributed by atoms with van der Waals surface area (Å²) in [5.74, 6) is 1.02. The second kappa shape index (κ2) is 10.0. The maximum Gasteiger partial charge on any atom is 0.254 e. The van der Waals surface area contributed by atoms with E-state index in [0.29, 0.717) is 29.6 Å². The molecule has 0 radical (unpaired) electrons. The standard InChI is InChI=1S/C30H37N3O4/c1-36-25-18-20-10-17-33-28(24(20)19-26(25)37-2)27(22-8-4-5-9-23(22)29(33)34)30(35)32-15-11-21(12-16-32)31-13-6-3-7-14-31/h4-5,8-9,18-19,21,27-28H,3,6-7,10-17H2,1-2H3. The number of rotatable bonds is 4. The van der Waals surface area contributed by atoms with Gasteiger partial charge in [0.1, 0.15) is 0 Å². The van der Waals surface area contributed by atoms with Crippen molar-refractivity contribution in [2.45, 2.75) is 56.5 Å². The number of methoxy groups -OCH3 is 2. The molecule has 4 aliphatic rings. The van der Waals surface area contributed by atoms with Crippen LogP contribution in [-0.2, 0) is 11.2 Å². The second-order valence-electron chi connectivity index (χ2n) is 10.8. The Labute approximate surface area is 219 Å². The Bertz CT molecular complexity index is 1180. The topological polar surface area (TPSA) is 62.3 Å². The van der Waals surface area contributed by atoms with Gasteiger partial charge in [-0.1, -0.05) is 24.6 Å². The molecular weight excluding hydrogens is 466 g/mol. The number of hydrogen-bond donors (Lipinski definition) is 0. The molecule has 0 saturated carbocycles. The van der Waals surface area contributed by atoms with Gasteiger partial charge in [-0.2, -0.15) is 0 Å². The van der Waals surface area contributed by atoms with Crippen LogP contribution in [0.4, 0.5) is 0 Å². The fourth-order valence-electron chi connectivity index (χ4n) is 7.05. The van der Waals surface area contributed by atoms with Crippen molar-refractivity contribution >= 4 is 11.8 Å². The summed E-state index contributed by atoms with van der Waals surface area (Å²) in [6.45, 7) is 4.52. The lowest BCUT2D eigenvalue weighted by Crippen LogP contribution is -2.53. The van der Waals surface area contributed by atoms with Crippen molar-refractivity contribution in [1.29, 1.82) is 0 Å². The van der Waals surface area contributed by atoms with Crippen LogP contribution in [0.1, 0.15) is 71.1 Å². The minimum atomic E-state index is -0.433. The number of fused-ring (bicyclic) bond motifs is 4. The van der Waals surface area contributed by atoms with E-state index in [1.807, 2.05) is 41.3 Å². The Morgan fingerprint density at radius 2 is 1.57 bits per heavy atom. The third-order valence-corrected chi connectivity index (χ3v) is 8.97. The molecule has 196 valence electrons. The van der Waals surface area contributed by atoms with E-state index >= 15 is 0 Å². The number of hydrogen-bond acceptors (Lipinski definition) is 5. The Balaban J connectivity index is 1.35. The fraction of sp³-hybridized carbons (Fsp3) is 0.533. The summed E-state index contributed by atoms with van der Waals surface area (Å²) in [4.78, 5) is 34.6. The van der Waals surface area contributed by atoms with Gasteiger partial charge in [-0.15, -0.1) is 0 Å². The summed E-state index contributed by atoms with van der Waals surface area (Å²) >= 11 is 0. The van der Waals surface area contributed by atoms with Gasteiger partial charge in [0.05, 0.1) is 26.2 Å². The molecule has 0 N–H and O–H groups in total. The smallest absolute Gasteiger partial charge is 0.254 e. The van der Waals surface area contributed by atoms with Gasteiger partial charge in [-0.25, -0.2) is 0 Å². The molecule has 37 heavy (non-hydrogen) atoms. The van der Waals surface area contributed by atoms with Crippen molar-refractivity contribution in [3.8, 4) is 11.5 Å². The van der Waals surface area contributed by atoms with Crippen molar-refractivity contribution in [3.05, 3.63) is 58.7 Å². The number of ether oxygens (including phenoxy) is 2. The number of amides is 2. The number of nitrogens with zero attached hydrogens (tertiary/aromatic N) is 3. The number of carbonyl (C=O) groups excluding carboxylic acids is 2. The molecule has 2 aromatic rings. The largest absolute Gasteiger partial charge is 0.493 e. The highest BCUT2D eigenvalue weighted by molar-refractivity contribution is 6.01. The number of likely N-dealkylation sites (tertiary alicyclic amines) is 2. The summed E-state index contributed by atoms with van der Waals surface area (Å²) in [6.07, 6.45) is 6.68. The molecule has 7 heteroatoms. The first kappa shape index (κ1) is 24.3. The molecule has 6 rings (SSSR count). The quantitative estimate of drug-likeness (QED) is 0.631. The molecule has 2 atom stereocenters. The molecule has 4 aliphatic heterocycles. The van der Waals surface area contributed by atoms with E-state index in [1.165, 1.54) is 32.4 Å². The zero-order valence-electron chi connectivity index (χ0n) is 21.9. The lowest BCUT2D eigenvalue weighted by Gasteiger charge is -2.47. The summed E-state index contributed by atoms with van der Waals surface area (Å²) in [7, 11) is 3.26. The van der Waals surface area contributed by atoms with Crippen LogP contribution >= 0.6 is 0 Å². The van der Waals surface area contributed by atoms with Crippen LogP contribution < -0.4 is 9.47 Å². The molecule has 4 heterocycles. The molecule has 2 saturated heterocycles. The summed E-state index contributed by atoms with van der Waals surface area (Å²) in [5, 5.41) is 0. The first-order valence-electron chi connectivity index (χ1n) is 13.8. The molecule has 0 aliphatic carbocycles. The normalized spacial score (nSPS) is 24.2. The first-order chi connectivity index (χ1) is 18.1. The zero-order valence-corrected chi connectivity index (χ0v) is 21.9. The lowest BCUT2D eigenvalue weighted by atomic mass is 9.75. The molecule has 0 bridgehead atoms. The van der Waals surface area contributed by atoms with Crippen LogP contribution in [-0.4, -0.2) is 79.5 Å². The van der Waals surface area contributed by atoms with Gasteiger partial charge in [0, 0.05) is 31.2 Å². The Hall–Kier alpha value is -3.06. The van der Waals surface area contributed by atoms with E-state index in [2.05, 4.69) is 9.80 Å². The second-order valence-corrected chi connectivity index (χ2v) is 10.8. The predicted octanol–water partition coefficient (Wildman–Crippen LogP) is 4.02. The van der Waals surface area contributed by atoms with Gasteiger partial charge >= 0.3 is 0 Å². The Kier molecular flexibility index (Phi) is 6.57. The van der Waals surface area contributed by atoms with Gasteiger partial charge in [0.15, 0.2) is 11.5 Å². The van der Waals surface area contributed by atoms with Gasteiger partial charge in [0.2, 0.25) is 5.91 Å². The van der Waals surface area contributed by atoms with Crippen LogP contribution in [0.2, 0.25) is 0 Å². The molecule has 0 aromatic heterocycles. The highest BCUT2D eigenvalue weighted by Gasteiger charge is 2.48. The summed E-state index contributed by atoms with van der Waals surface area (Å²) in [6, 6.07) is 11.9. The van der Waals surface area contributed by atoms with Gasteiger partial charge in [0.25, 0.3) is 5.91 Å².